The van der Waals surface area contributed by atoms with Gasteiger partial charge in [-0.3, -0.25) is 4.98 Å². The molecule has 0 bridgehead atoms. The van der Waals surface area contributed by atoms with Crippen LogP contribution in [0.5, 0.6) is 0 Å². The molecule has 0 aromatic carbocycles. The number of pyridine rings is 1. The molecule has 16 heavy (non-hydrogen) atoms. The lowest BCUT2D eigenvalue weighted by Gasteiger charge is -2.17. The molecule has 5 heteroatoms. The van der Waals surface area contributed by atoms with E-state index in [1.807, 2.05) is 0 Å². The summed E-state index contributed by atoms with van der Waals surface area (Å²) in [6.07, 6.45) is 0.463. The van der Waals surface area contributed by atoms with Gasteiger partial charge in [-0.1, -0.05) is 0 Å². The summed E-state index contributed by atoms with van der Waals surface area (Å²) in [7, 11) is 1.79. The Hall–Kier alpha value is -1.10. The molecule has 0 spiro atoms. The molecule has 0 aliphatic heterocycles. The Balaban J connectivity index is 2.27. The van der Waals surface area contributed by atoms with Crippen molar-refractivity contribution in [2.45, 2.75) is 31.0 Å². The van der Waals surface area contributed by atoms with Gasteiger partial charge in [-0.2, -0.15) is 13.2 Å². The van der Waals surface area contributed by atoms with Crippen molar-refractivity contribution in [3.63, 3.8) is 0 Å². The molecule has 1 heterocycles. The molecule has 0 saturated heterocycles. The third-order valence-electron chi connectivity index (χ3n) is 3.12. The van der Waals surface area contributed by atoms with Gasteiger partial charge in [0.15, 0.2) is 0 Å². The highest BCUT2D eigenvalue weighted by Gasteiger charge is 2.43. The second-order valence-electron chi connectivity index (χ2n) is 4.24. The van der Waals surface area contributed by atoms with Crippen molar-refractivity contribution < 1.29 is 13.2 Å². The smallest absolute Gasteiger partial charge is 0.314 e. The maximum Gasteiger partial charge on any atom is 0.416 e. The van der Waals surface area contributed by atoms with E-state index < -0.39 is 11.7 Å². The Bertz CT molecular complexity index is 383. The summed E-state index contributed by atoms with van der Waals surface area (Å²) in [6.45, 7) is 0. The molecular formula is C11H13F3N2. The molecular weight excluding hydrogens is 217 g/mol. The van der Waals surface area contributed by atoms with E-state index in [1.54, 1.807) is 7.05 Å². The number of alkyl halides is 3. The van der Waals surface area contributed by atoms with Gasteiger partial charge in [-0.05, 0) is 37.9 Å². The van der Waals surface area contributed by atoms with Crippen LogP contribution >= 0.6 is 0 Å². The highest BCUT2D eigenvalue weighted by Crippen LogP contribution is 2.41. The van der Waals surface area contributed by atoms with Gasteiger partial charge >= 0.3 is 6.18 Å². The minimum atomic E-state index is -4.29. The first-order valence-electron chi connectivity index (χ1n) is 5.16. The van der Waals surface area contributed by atoms with Gasteiger partial charge in [0.05, 0.1) is 5.56 Å². The zero-order valence-corrected chi connectivity index (χ0v) is 8.93. The molecule has 0 unspecified atom stereocenters. The third kappa shape index (κ3) is 2.19. The fraction of sp³-hybridized carbons (Fsp3) is 0.545. The molecule has 0 amide bonds. The molecule has 1 aliphatic rings. The number of nitrogens with zero attached hydrogens (tertiary/aromatic N) is 1. The first kappa shape index (κ1) is 11.4. The highest BCUT2D eigenvalue weighted by molar-refractivity contribution is 5.29. The monoisotopic (exact) mass is 230 g/mol. The van der Waals surface area contributed by atoms with Crippen LogP contribution in [0.25, 0.3) is 0 Å². The maximum atomic E-state index is 12.7. The van der Waals surface area contributed by atoms with Crippen molar-refractivity contribution in [2.24, 2.45) is 0 Å². The van der Waals surface area contributed by atoms with Crippen molar-refractivity contribution in [3.8, 4) is 0 Å². The van der Waals surface area contributed by atoms with E-state index in [2.05, 4.69) is 10.3 Å². The van der Waals surface area contributed by atoms with Gasteiger partial charge in [0, 0.05) is 17.9 Å². The molecule has 1 aliphatic carbocycles. The summed E-state index contributed by atoms with van der Waals surface area (Å²) >= 11 is 0. The van der Waals surface area contributed by atoms with Gasteiger partial charge in [-0.15, -0.1) is 0 Å². The summed E-state index contributed by atoms with van der Waals surface area (Å²) in [5.74, 6) is 0. The van der Waals surface area contributed by atoms with E-state index in [-0.39, 0.29) is 11.1 Å². The molecule has 1 fully saturated rings. The minimum Gasteiger partial charge on any atom is -0.314 e. The molecule has 1 aromatic rings. The van der Waals surface area contributed by atoms with Crippen LogP contribution < -0.4 is 5.32 Å². The van der Waals surface area contributed by atoms with Gasteiger partial charge in [-0.25, -0.2) is 0 Å². The summed E-state index contributed by atoms with van der Waals surface area (Å²) in [5.41, 5.74) is -0.422. The normalized spacial score (nSPS) is 18.5. The van der Waals surface area contributed by atoms with E-state index in [0.717, 1.165) is 18.9 Å². The van der Waals surface area contributed by atoms with E-state index in [9.17, 15) is 13.2 Å². The van der Waals surface area contributed by atoms with Crippen molar-refractivity contribution in [3.05, 3.63) is 29.6 Å². The van der Waals surface area contributed by atoms with Crippen LogP contribution in [0.4, 0.5) is 13.2 Å². The second-order valence-corrected chi connectivity index (χ2v) is 4.24. The number of halogens is 3. The maximum absolute atomic E-state index is 12.7. The lowest BCUT2D eigenvalue weighted by Crippen LogP contribution is -2.30. The summed E-state index contributed by atoms with van der Waals surface area (Å²) in [5, 5.41) is 3.08. The van der Waals surface area contributed by atoms with Gasteiger partial charge in [0.1, 0.15) is 0 Å². The summed E-state index contributed by atoms with van der Waals surface area (Å²) in [6, 6.07) is 1.04. The fourth-order valence-electron chi connectivity index (χ4n) is 1.88. The molecule has 2 rings (SSSR count). The van der Waals surface area contributed by atoms with Crippen LogP contribution in [0.1, 0.15) is 24.0 Å². The van der Waals surface area contributed by atoms with Gasteiger partial charge in [0.25, 0.3) is 0 Å². The standard InChI is InChI=1S/C11H13F3N2/c1-15-10(3-4-10)6-8-7-16-5-2-9(8)11(12,13)14/h2,5,7,15H,3-4,6H2,1H3. The number of hydrogen-bond donors (Lipinski definition) is 1. The number of rotatable bonds is 3. The molecule has 1 N–H and O–H groups in total. The Kier molecular flexibility index (Phi) is 2.66. The highest BCUT2D eigenvalue weighted by atomic mass is 19.4. The number of likely N-dealkylation sites (N-methyl/N-ethyl adjacent to an activating group) is 1. The van der Waals surface area contributed by atoms with Crippen LogP contribution in [0.15, 0.2) is 18.5 Å². The average Bonchev–Trinajstić information content (AvgIpc) is 2.98. The largest absolute Gasteiger partial charge is 0.416 e. The topological polar surface area (TPSA) is 24.9 Å². The Morgan fingerprint density at radius 2 is 2.12 bits per heavy atom. The zero-order valence-electron chi connectivity index (χ0n) is 8.93. The van der Waals surface area contributed by atoms with Crippen LogP contribution in [-0.4, -0.2) is 17.6 Å². The van der Waals surface area contributed by atoms with E-state index >= 15 is 0 Å². The quantitative estimate of drug-likeness (QED) is 0.862. The molecule has 2 nitrogen and oxygen atoms in total. The molecule has 0 radical (unpaired) electrons. The molecule has 1 aromatic heterocycles. The van der Waals surface area contributed by atoms with Crippen molar-refractivity contribution in [2.75, 3.05) is 7.05 Å². The van der Waals surface area contributed by atoms with Crippen LogP contribution in [-0.2, 0) is 12.6 Å². The fourth-order valence-corrected chi connectivity index (χ4v) is 1.88. The van der Waals surface area contributed by atoms with Crippen LogP contribution in [0.3, 0.4) is 0 Å². The first-order chi connectivity index (χ1) is 7.47. The summed E-state index contributed by atoms with van der Waals surface area (Å²) < 4.78 is 38.1. The number of hydrogen-bond acceptors (Lipinski definition) is 2. The second kappa shape index (κ2) is 3.73. The lowest BCUT2D eigenvalue weighted by atomic mass is 10.0. The molecule has 1 saturated carbocycles. The SMILES string of the molecule is CNC1(Cc2cnccc2C(F)(F)F)CC1. The van der Waals surface area contributed by atoms with Gasteiger partial charge < -0.3 is 5.32 Å². The van der Waals surface area contributed by atoms with E-state index in [1.165, 1.54) is 12.4 Å². The van der Waals surface area contributed by atoms with Crippen molar-refractivity contribution in [1.82, 2.24) is 10.3 Å². The Morgan fingerprint density at radius 1 is 1.44 bits per heavy atom. The number of aromatic nitrogens is 1. The predicted octanol–water partition coefficient (Wildman–Crippen LogP) is 2.39. The molecule has 88 valence electrons. The van der Waals surface area contributed by atoms with Gasteiger partial charge in [0.2, 0.25) is 0 Å². The van der Waals surface area contributed by atoms with Crippen molar-refractivity contribution in [1.29, 1.82) is 0 Å². The third-order valence-corrected chi connectivity index (χ3v) is 3.12. The summed E-state index contributed by atoms with van der Waals surface area (Å²) in [4.78, 5) is 3.78. The molecule has 0 atom stereocenters. The first-order valence-corrected chi connectivity index (χ1v) is 5.16. The lowest BCUT2D eigenvalue weighted by molar-refractivity contribution is -0.138. The van der Waals surface area contributed by atoms with Crippen LogP contribution in [0.2, 0.25) is 0 Å². The zero-order chi connectivity index (χ0) is 11.8. The van der Waals surface area contributed by atoms with Crippen molar-refractivity contribution >= 4 is 0 Å². The number of nitrogens with one attached hydrogen (secondary N) is 1. The average molecular weight is 230 g/mol. The predicted molar refractivity (Wildman–Crippen MR) is 54.0 cm³/mol. The Labute approximate surface area is 91.9 Å². The van der Waals surface area contributed by atoms with Crippen LogP contribution in [0, 0.1) is 0 Å². The Morgan fingerprint density at radius 3 is 2.62 bits per heavy atom. The van der Waals surface area contributed by atoms with E-state index in [0.29, 0.717) is 6.42 Å². The van der Waals surface area contributed by atoms with E-state index in [4.69, 9.17) is 0 Å². The minimum absolute atomic E-state index is 0.136.